The zero-order chi connectivity index (χ0) is 17.7. The molecule has 3 nitrogen and oxygen atoms in total. The van der Waals surface area contributed by atoms with Gasteiger partial charge in [0.1, 0.15) is 5.82 Å². The molecule has 0 aliphatic heterocycles. The van der Waals surface area contributed by atoms with Gasteiger partial charge in [-0.15, -0.1) is 0 Å². The first kappa shape index (κ1) is 15.8. The highest BCUT2D eigenvalue weighted by molar-refractivity contribution is 5.61. The van der Waals surface area contributed by atoms with Gasteiger partial charge in [-0.25, -0.2) is 9.37 Å². The first-order valence-electron chi connectivity index (χ1n) is 9.35. The van der Waals surface area contributed by atoms with E-state index in [1.54, 1.807) is 18.5 Å². The maximum Gasteiger partial charge on any atom is 0.123 e. The van der Waals surface area contributed by atoms with Crippen molar-refractivity contribution in [1.82, 2.24) is 9.55 Å². The molecule has 1 saturated carbocycles. The van der Waals surface area contributed by atoms with Gasteiger partial charge in [-0.2, -0.15) is 0 Å². The predicted octanol–water partition coefficient (Wildman–Crippen LogP) is 4.13. The summed E-state index contributed by atoms with van der Waals surface area (Å²) in [7, 11) is 0. The van der Waals surface area contributed by atoms with Crippen LogP contribution in [0.25, 0.3) is 16.9 Å². The van der Waals surface area contributed by atoms with Crippen molar-refractivity contribution < 1.29 is 4.39 Å². The summed E-state index contributed by atoms with van der Waals surface area (Å²) in [5.74, 6) is 1.03. The Morgan fingerprint density at radius 3 is 2.46 bits per heavy atom. The van der Waals surface area contributed by atoms with Gasteiger partial charge in [0.15, 0.2) is 0 Å². The molecule has 0 radical (unpaired) electrons. The Bertz CT molecular complexity index is 944. The molecule has 0 saturated heterocycles. The van der Waals surface area contributed by atoms with Crippen LogP contribution in [0.15, 0.2) is 55.0 Å². The molecular formula is C22H22FN3. The van der Waals surface area contributed by atoms with Gasteiger partial charge in [0, 0.05) is 23.5 Å². The average molecular weight is 347 g/mol. The highest BCUT2D eigenvalue weighted by Crippen LogP contribution is 2.39. The van der Waals surface area contributed by atoms with Crippen LogP contribution in [0.2, 0.25) is 0 Å². The van der Waals surface area contributed by atoms with Crippen molar-refractivity contribution in [2.45, 2.75) is 31.7 Å². The normalized spacial score (nSPS) is 24.3. The zero-order valence-corrected chi connectivity index (χ0v) is 14.6. The molecule has 3 aromatic rings. The SMILES string of the molecule is N[C@@H]1C2CC[C@@H]1Cc1cc(-c3cn(-c4ccc(F)cc4)cn3)ccc1C2. The molecular weight excluding hydrogens is 325 g/mol. The highest BCUT2D eigenvalue weighted by Gasteiger charge is 2.36. The number of imidazole rings is 1. The van der Waals surface area contributed by atoms with Crippen LogP contribution in [0.1, 0.15) is 24.0 Å². The molecule has 2 aliphatic rings. The van der Waals surface area contributed by atoms with Crippen LogP contribution >= 0.6 is 0 Å². The zero-order valence-electron chi connectivity index (χ0n) is 14.6. The van der Waals surface area contributed by atoms with E-state index < -0.39 is 0 Å². The van der Waals surface area contributed by atoms with Crippen LogP contribution in [0.5, 0.6) is 0 Å². The molecule has 1 fully saturated rings. The lowest BCUT2D eigenvalue weighted by atomic mass is 9.91. The Morgan fingerprint density at radius 2 is 1.69 bits per heavy atom. The van der Waals surface area contributed by atoms with Crippen molar-refractivity contribution in [1.29, 1.82) is 0 Å². The van der Waals surface area contributed by atoms with Crippen molar-refractivity contribution in [3.8, 4) is 16.9 Å². The smallest absolute Gasteiger partial charge is 0.123 e. The molecule has 1 heterocycles. The summed E-state index contributed by atoms with van der Waals surface area (Å²) in [6.07, 6.45) is 8.51. The molecule has 2 aliphatic carbocycles. The number of benzene rings is 2. The van der Waals surface area contributed by atoms with Gasteiger partial charge in [0.2, 0.25) is 0 Å². The van der Waals surface area contributed by atoms with Crippen LogP contribution in [0.4, 0.5) is 4.39 Å². The minimum absolute atomic E-state index is 0.229. The second kappa shape index (κ2) is 6.06. The Morgan fingerprint density at radius 1 is 0.962 bits per heavy atom. The number of hydrogen-bond donors (Lipinski definition) is 1. The summed E-state index contributed by atoms with van der Waals surface area (Å²) < 4.78 is 15.1. The highest BCUT2D eigenvalue weighted by atomic mass is 19.1. The monoisotopic (exact) mass is 347 g/mol. The van der Waals surface area contributed by atoms with Crippen molar-refractivity contribution in [2.75, 3.05) is 0 Å². The number of halogens is 1. The first-order valence-corrected chi connectivity index (χ1v) is 9.35. The quantitative estimate of drug-likeness (QED) is 0.757. The second-order valence-corrected chi connectivity index (χ2v) is 7.71. The number of fused-ring (bicyclic) bond motifs is 3. The number of nitrogens with zero attached hydrogens (tertiary/aromatic N) is 2. The Labute approximate surface area is 152 Å². The molecule has 4 heteroatoms. The molecule has 26 heavy (non-hydrogen) atoms. The maximum atomic E-state index is 13.1. The molecule has 1 aromatic heterocycles. The Kier molecular flexibility index (Phi) is 3.68. The van der Waals surface area contributed by atoms with Gasteiger partial charge in [-0.1, -0.05) is 12.1 Å². The summed E-state index contributed by atoms with van der Waals surface area (Å²) in [4.78, 5) is 4.57. The standard InChI is InChI=1S/C22H22FN3/c23-19-5-7-20(8-6-19)26-12-21(25-13-26)15-2-1-14-9-16-3-4-17(22(16)24)11-18(14)10-15/h1-2,5-8,10,12-13,16-17,22H,3-4,9,11,24H2/t16?,17-,22-/m1/s1. The van der Waals surface area contributed by atoms with E-state index in [0.717, 1.165) is 29.8 Å². The van der Waals surface area contributed by atoms with Crippen LogP contribution in [0, 0.1) is 17.7 Å². The lowest BCUT2D eigenvalue weighted by Gasteiger charge is -2.15. The van der Waals surface area contributed by atoms with Gasteiger partial charge in [-0.3, -0.25) is 0 Å². The van der Waals surface area contributed by atoms with Crippen LogP contribution in [-0.4, -0.2) is 15.6 Å². The maximum absolute atomic E-state index is 13.1. The fraction of sp³-hybridized carbons (Fsp3) is 0.318. The average Bonchev–Trinajstić information content (AvgIpc) is 3.21. The number of rotatable bonds is 2. The molecule has 2 N–H and O–H groups in total. The second-order valence-electron chi connectivity index (χ2n) is 7.71. The van der Waals surface area contributed by atoms with E-state index in [1.807, 2.05) is 10.8 Å². The summed E-state index contributed by atoms with van der Waals surface area (Å²) in [5, 5.41) is 0. The van der Waals surface area contributed by atoms with E-state index in [4.69, 9.17) is 5.73 Å². The summed E-state index contributed by atoms with van der Waals surface area (Å²) in [6.45, 7) is 0. The van der Waals surface area contributed by atoms with E-state index >= 15 is 0 Å². The lowest BCUT2D eigenvalue weighted by molar-refractivity contribution is 0.421. The van der Waals surface area contributed by atoms with Crippen molar-refractivity contribution in [3.63, 3.8) is 0 Å². The van der Waals surface area contributed by atoms with E-state index in [9.17, 15) is 4.39 Å². The number of aromatic nitrogens is 2. The number of hydrogen-bond acceptors (Lipinski definition) is 2. The van der Waals surface area contributed by atoms with E-state index in [1.165, 1.54) is 36.1 Å². The largest absolute Gasteiger partial charge is 0.327 e. The third kappa shape index (κ3) is 2.65. The minimum atomic E-state index is -0.229. The van der Waals surface area contributed by atoms with E-state index in [-0.39, 0.29) is 5.82 Å². The van der Waals surface area contributed by atoms with Gasteiger partial charge < -0.3 is 10.3 Å². The van der Waals surface area contributed by atoms with Crippen molar-refractivity contribution >= 4 is 0 Å². The van der Waals surface area contributed by atoms with Gasteiger partial charge >= 0.3 is 0 Å². The molecule has 132 valence electrons. The fourth-order valence-corrected chi connectivity index (χ4v) is 4.64. The Hall–Kier alpha value is -2.46. The van der Waals surface area contributed by atoms with E-state index in [0.29, 0.717) is 17.9 Å². The number of nitrogens with two attached hydrogens (primary N) is 1. The minimum Gasteiger partial charge on any atom is -0.327 e. The van der Waals surface area contributed by atoms with Gasteiger partial charge in [0.05, 0.1) is 12.0 Å². The topological polar surface area (TPSA) is 43.8 Å². The fourth-order valence-electron chi connectivity index (χ4n) is 4.64. The summed E-state index contributed by atoms with van der Waals surface area (Å²) >= 11 is 0. The van der Waals surface area contributed by atoms with Crippen molar-refractivity contribution in [2.24, 2.45) is 17.6 Å². The summed E-state index contributed by atoms with van der Waals surface area (Å²) in [6, 6.07) is 13.5. The van der Waals surface area contributed by atoms with E-state index in [2.05, 4.69) is 23.2 Å². The summed E-state index contributed by atoms with van der Waals surface area (Å²) in [5.41, 5.74) is 12.3. The first-order chi connectivity index (χ1) is 12.7. The van der Waals surface area contributed by atoms with Crippen LogP contribution in [0.3, 0.4) is 0 Å². The molecule has 5 rings (SSSR count). The lowest BCUT2D eigenvalue weighted by Crippen LogP contribution is -2.31. The predicted molar refractivity (Wildman–Crippen MR) is 101 cm³/mol. The molecule has 3 atom stereocenters. The van der Waals surface area contributed by atoms with Crippen LogP contribution in [-0.2, 0) is 12.8 Å². The molecule has 1 unspecified atom stereocenters. The van der Waals surface area contributed by atoms with Crippen LogP contribution < -0.4 is 5.73 Å². The molecule has 2 bridgehead atoms. The third-order valence-corrected chi connectivity index (χ3v) is 6.17. The van der Waals surface area contributed by atoms with Gasteiger partial charge in [0.25, 0.3) is 0 Å². The molecule has 0 spiro atoms. The van der Waals surface area contributed by atoms with Crippen molar-refractivity contribution in [3.05, 3.63) is 71.9 Å². The molecule has 0 amide bonds. The Balaban J connectivity index is 1.47. The third-order valence-electron chi connectivity index (χ3n) is 6.17. The molecule has 2 aromatic carbocycles. The van der Waals surface area contributed by atoms with Gasteiger partial charge in [-0.05, 0) is 79.0 Å².